The third-order valence-electron chi connectivity index (χ3n) is 3.21. The molecule has 0 spiro atoms. The van der Waals surface area contributed by atoms with Gasteiger partial charge in [-0.15, -0.1) is 0 Å². The summed E-state index contributed by atoms with van der Waals surface area (Å²) >= 11 is 0. The Bertz CT molecular complexity index is 307. The maximum Gasteiger partial charge on any atom is 0.0719 e. The second kappa shape index (κ2) is 4.66. The summed E-state index contributed by atoms with van der Waals surface area (Å²) in [6, 6.07) is 0.728. The van der Waals surface area contributed by atoms with Crippen LogP contribution in [0.15, 0.2) is 12.4 Å². The molecule has 0 aromatic carbocycles. The van der Waals surface area contributed by atoms with Crippen molar-refractivity contribution in [1.29, 1.82) is 0 Å². The highest BCUT2D eigenvalue weighted by atomic mass is 15.3. The molecule has 84 valence electrons. The molecule has 1 aromatic heterocycles. The molecule has 2 rings (SSSR count). The fraction of sp³-hybridized carbons (Fsp3) is 0.727. The molecule has 1 aliphatic rings. The molecule has 1 saturated heterocycles. The van der Waals surface area contributed by atoms with Gasteiger partial charge in [-0.1, -0.05) is 6.42 Å². The summed E-state index contributed by atoms with van der Waals surface area (Å²) in [5.74, 6) is 0. The molecule has 1 aromatic rings. The number of likely N-dealkylation sites (tertiary alicyclic amines) is 1. The van der Waals surface area contributed by atoms with Crippen molar-refractivity contribution in [3.05, 3.63) is 12.4 Å². The average molecular weight is 208 g/mol. The fourth-order valence-corrected chi connectivity index (χ4v) is 2.22. The van der Waals surface area contributed by atoms with E-state index in [2.05, 4.69) is 16.9 Å². The van der Waals surface area contributed by atoms with Crippen LogP contribution in [0.3, 0.4) is 0 Å². The van der Waals surface area contributed by atoms with Crippen molar-refractivity contribution in [3.8, 4) is 0 Å². The van der Waals surface area contributed by atoms with E-state index in [1.807, 2.05) is 10.9 Å². The van der Waals surface area contributed by atoms with Crippen LogP contribution >= 0.6 is 0 Å². The van der Waals surface area contributed by atoms with Crippen LogP contribution < -0.4 is 5.73 Å². The van der Waals surface area contributed by atoms with Crippen molar-refractivity contribution >= 4 is 5.69 Å². The SMILES string of the molecule is CC1CCCCN1CCn1cc(N)cn1. The zero-order chi connectivity index (χ0) is 10.7. The van der Waals surface area contributed by atoms with Gasteiger partial charge >= 0.3 is 0 Å². The van der Waals surface area contributed by atoms with Gasteiger partial charge in [0, 0.05) is 18.8 Å². The first-order valence-corrected chi connectivity index (χ1v) is 5.77. The van der Waals surface area contributed by atoms with Crippen molar-refractivity contribution in [2.75, 3.05) is 18.8 Å². The standard InChI is InChI=1S/C11H20N4/c1-10-4-2-3-5-14(10)6-7-15-9-11(12)8-13-15/h8-10H,2-7,12H2,1H3. The molecule has 4 nitrogen and oxygen atoms in total. The van der Waals surface area contributed by atoms with E-state index in [1.54, 1.807) is 6.20 Å². The number of aromatic nitrogens is 2. The maximum atomic E-state index is 5.62. The molecular weight excluding hydrogens is 188 g/mol. The van der Waals surface area contributed by atoms with Crippen LogP contribution in [0.2, 0.25) is 0 Å². The van der Waals surface area contributed by atoms with E-state index in [4.69, 9.17) is 5.73 Å². The van der Waals surface area contributed by atoms with E-state index in [0.717, 1.165) is 24.8 Å². The zero-order valence-electron chi connectivity index (χ0n) is 9.39. The topological polar surface area (TPSA) is 47.1 Å². The smallest absolute Gasteiger partial charge is 0.0719 e. The molecule has 2 N–H and O–H groups in total. The van der Waals surface area contributed by atoms with Crippen LogP contribution in [0.5, 0.6) is 0 Å². The van der Waals surface area contributed by atoms with E-state index < -0.39 is 0 Å². The molecule has 15 heavy (non-hydrogen) atoms. The van der Waals surface area contributed by atoms with Crippen LogP contribution in [0.25, 0.3) is 0 Å². The van der Waals surface area contributed by atoms with E-state index in [0.29, 0.717) is 0 Å². The summed E-state index contributed by atoms with van der Waals surface area (Å²) in [5.41, 5.74) is 6.37. The fourth-order valence-electron chi connectivity index (χ4n) is 2.22. The number of hydrogen-bond donors (Lipinski definition) is 1. The maximum absolute atomic E-state index is 5.62. The number of rotatable bonds is 3. The minimum atomic E-state index is 0.728. The summed E-state index contributed by atoms with van der Waals surface area (Å²) < 4.78 is 1.93. The monoisotopic (exact) mass is 208 g/mol. The lowest BCUT2D eigenvalue weighted by molar-refractivity contribution is 0.153. The predicted molar refractivity (Wildman–Crippen MR) is 61.5 cm³/mol. The molecule has 0 aliphatic carbocycles. The van der Waals surface area contributed by atoms with E-state index in [1.165, 1.54) is 25.8 Å². The van der Waals surface area contributed by atoms with E-state index in [9.17, 15) is 0 Å². The number of piperidine rings is 1. The number of nitrogens with zero attached hydrogens (tertiary/aromatic N) is 3. The molecule has 4 heteroatoms. The molecule has 2 heterocycles. The normalized spacial score (nSPS) is 23.1. The van der Waals surface area contributed by atoms with Crippen molar-refractivity contribution in [3.63, 3.8) is 0 Å². The first kappa shape index (κ1) is 10.5. The summed E-state index contributed by atoms with van der Waals surface area (Å²) in [4.78, 5) is 2.54. The Morgan fingerprint density at radius 2 is 2.33 bits per heavy atom. The van der Waals surface area contributed by atoms with Gasteiger partial charge in [0.2, 0.25) is 0 Å². The molecule has 1 atom stereocenters. The van der Waals surface area contributed by atoms with E-state index >= 15 is 0 Å². The van der Waals surface area contributed by atoms with Gasteiger partial charge in [-0.3, -0.25) is 9.58 Å². The van der Waals surface area contributed by atoms with Gasteiger partial charge < -0.3 is 5.73 Å². The molecule has 0 saturated carbocycles. The Labute approximate surface area is 91.1 Å². The van der Waals surface area contributed by atoms with Crippen LogP contribution in [-0.4, -0.2) is 33.8 Å². The number of anilines is 1. The number of nitrogens with two attached hydrogens (primary N) is 1. The lowest BCUT2D eigenvalue weighted by Crippen LogP contribution is -2.39. The Balaban J connectivity index is 1.81. The Hall–Kier alpha value is -1.03. The van der Waals surface area contributed by atoms with Crippen molar-refractivity contribution in [2.24, 2.45) is 0 Å². The average Bonchev–Trinajstić information content (AvgIpc) is 2.63. The highest BCUT2D eigenvalue weighted by Gasteiger charge is 2.17. The van der Waals surface area contributed by atoms with Gasteiger partial charge in [0.25, 0.3) is 0 Å². The van der Waals surface area contributed by atoms with Crippen LogP contribution in [0, 0.1) is 0 Å². The molecule has 1 aliphatic heterocycles. The lowest BCUT2D eigenvalue weighted by atomic mass is 10.0. The van der Waals surface area contributed by atoms with Crippen LogP contribution in [0.1, 0.15) is 26.2 Å². The summed E-state index contributed by atoms with van der Waals surface area (Å²) in [7, 11) is 0. The van der Waals surface area contributed by atoms with E-state index in [-0.39, 0.29) is 0 Å². The van der Waals surface area contributed by atoms with Crippen molar-refractivity contribution < 1.29 is 0 Å². The minimum absolute atomic E-state index is 0.728. The largest absolute Gasteiger partial charge is 0.396 e. The van der Waals surface area contributed by atoms with Crippen LogP contribution in [0.4, 0.5) is 5.69 Å². The molecule has 0 amide bonds. The number of nitrogen functional groups attached to an aromatic ring is 1. The molecule has 0 bridgehead atoms. The third kappa shape index (κ3) is 2.72. The highest BCUT2D eigenvalue weighted by molar-refractivity contribution is 5.30. The van der Waals surface area contributed by atoms with Gasteiger partial charge in [0.1, 0.15) is 0 Å². The zero-order valence-corrected chi connectivity index (χ0v) is 9.39. The summed E-state index contributed by atoms with van der Waals surface area (Å²) in [6.07, 6.45) is 7.66. The Kier molecular flexibility index (Phi) is 3.26. The first-order chi connectivity index (χ1) is 7.25. The van der Waals surface area contributed by atoms with Gasteiger partial charge in [-0.2, -0.15) is 5.10 Å². The molecule has 1 fully saturated rings. The van der Waals surface area contributed by atoms with Crippen LogP contribution in [-0.2, 0) is 6.54 Å². The third-order valence-corrected chi connectivity index (χ3v) is 3.21. The van der Waals surface area contributed by atoms with Gasteiger partial charge in [-0.05, 0) is 26.3 Å². The van der Waals surface area contributed by atoms with Gasteiger partial charge in [-0.25, -0.2) is 0 Å². The first-order valence-electron chi connectivity index (χ1n) is 5.77. The van der Waals surface area contributed by atoms with Crippen molar-refractivity contribution in [2.45, 2.75) is 38.8 Å². The quantitative estimate of drug-likeness (QED) is 0.815. The number of hydrogen-bond acceptors (Lipinski definition) is 3. The Morgan fingerprint density at radius 1 is 1.47 bits per heavy atom. The second-order valence-electron chi connectivity index (χ2n) is 4.42. The summed E-state index contributed by atoms with van der Waals surface area (Å²) in [6.45, 7) is 5.58. The van der Waals surface area contributed by atoms with Gasteiger partial charge in [0.15, 0.2) is 0 Å². The predicted octanol–water partition coefficient (Wildman–Crippen LogP) is 1.34. The molecule has 1 unspecified atom stereocenters. The summed E-state index contributed by atoms with van der Waals surface area (Å²) in [5, 5.41) is 4.19. The lowest BCUT2D eigenvalue weighted by Gasteiger charge is -2.33. The minimum Gasteiger partial charge on any atom is -0.396 e. The molecule has 0 radical (unpaired) electrons. The molecular formula is C11H20N4. The highest BCUT2D eigenvalue weighted by Crippen LogP contribution is 2.15. The Morgan fingerprint density at radius 3 is 3.00 bits per heavy atom. The van der Waals surface area contributed by atoms with Gasteiger partial charge in [0.05, 0.1) is 18.4 Å². The second-order valence-corrected chi connectivity index (χ2v) is 4.42. The van der Waals surface area contributed by atoms with Crippen molar-refractivity contribution in [1.82, 2.24) is 14.7 Å².